The van der Waals surface area contributed by atoms with Gasteiger partial charge in [0, 0.05) is 35.3 Å². The topological polar surface area (TPSA) is 132 Å². The molecule has 0 radical (unpaired) electrons. The van der Waals surface area contributed by atoms with Crippen LogP contribution in [-0.2, 0) is 16.6 Å². The lowest BCUT2D eigenvalue weighted by Gasteiger charge is -2.38. The molecule has 2 fully saturated rings. The zero-order valence-electron chi connectivity index (χ0n) is 28.3. The van der Waals surface area contributed by atoms with Crippen molar-refractivity contribution in [2.45, 2.75) is 84.2 Å². The number of hydrogen-bond acceptors (Lipinski definition) is 8. The highest BCUT2D eigenvalue weighted by Gasteiger charge is 2.41. The lowest BCUT2D eigenvalue weighted by Crippen LogP contribution is -2.45. The molecule has 2 bridgehead atoms. The predicted molar refractivity (Wildman–Crippen MR) is 183 cm³/mol. The second kappa shape index (κ2) is 13.8. The number of amides is 2. The number of ether oxygens (including phenoxy) is 1. The van der Waals surface area contributed by atoms with E-state index in [1.54, 1.807) is 11.6 Å². The maximum absolute atomic E-state index is 13.1. The molecular formula is C37H44N6O5. The Labute approximate surface area is 281 Å². The first-order valence-corrected chi connectivity index (χ1v) is 16.7. The minimum absolute atomic E-state index is 0.0176. The Balaban J connectivity index is 1.03. The van der Waals surface area contributed by atoms with Gasteiger partial charge < -0.3 is 14.6 Å². The number of fused-ring (bicyclic) bond motifs is 2. The SMILES string of the molecule is CCOC(=O)c1cc(C(=O)CN2C3CCC2CC(Cc2ccc(NC(=O)Nc4cc(C(C)(C)C)nn4-c4ccc(C)cc4)cc2)C3)on1. The number of aromatic nitrogens is 3. The molecule has 2 aliphatic rings. The Kier molecular flexibility index (Phi) is 9.50. The number of urea groups is 1. The zero-order chi connectivity index (χ0) is 34.0. The minimum atomic E-state index is -0.593. The molecule has 2 atom stereocenters. The predicted octanol–water partition coefficient (Wildman–Crippen LogP) is 6.96. The van der Waals surface area contributed by atoms with Crippen molar-refractivity contribution in [3.05, 3.63) is 88.9 Å². The molecule has 252 valence electrons. The van der Waals surface area contributed by atoms with Crippen molar-refractivity contribution in [1.29, 1.82) is 0 Å². The van der Waals surface area contributed by atoms with E-state index >= 15 is 0 Å². The molecule has 4 aromatic rings. The molecule has 2 saturated heterocycles. The van der Waals surface area contributed by atoms with Crippen LogP contribution in [0.15, 0.2) is 65.2 Å². The number of hydrogen-bond donors (Lipinski definition) is 2. The smallest absolute Gasteiger partial charge is 0.360 e. The maximum Gasteiger partial charge on any atom is 0.360 e. The van der Waals surface area contributed by atoms with Crippen molar-refractivity contribution in [3.8, 4) is 5.69 Å². The van der Waals surface area contributed by atoms with Crippen LogP contribution in [-0.4, -0.2) is 62.9 Å². The first-order valence-electron chi connectivity index (χ1n) is 16.7. The molecule has 0 aliphatic carbocycles. The zero-order valence-corrected chi connectivity index (χ0v) is 28.3. The first kappa shape index (κ1) is 33.1. The summed E-state index contributed by atoms with van der Waals surface area (Å²) in [6.45, 7) is 10.5. The van der Waals surface area contributed by atoms with Crippen LogP contribution in [0.3, 0.4) is 0 Å². The van der Waals surface area contributed by atoms with E-state index in [-0.39, 0.29) is 41.8 Å². The van der Waals surface area contributed by atoms with Gasteiger partial charge in [0.05, 0.1) is 24.5 Å². The number of esters is 1. The van der Waals surface area contributed by atoms with Gasteiger partial charge in [-0.3, -0.25) is 15.0 Å². The lowest BCUT2D eigenvalue weighted by molar-refractivity contribution is 0.0513. The van der Waals surface area contributed by atoms with Crippen molar-refractivity contribution in [3.63, 3.8) is 0 Å². The van der Waals surface area contributed by atoms with Crippen LogP contribution in [0.4, 0.5) is 16.3 Å². The van der Waals surface area contributed by atoms with Crippen molar-refractivity contribution in [1.82, 2.24) is 19.8 Å². The molecule has 11 nitrogen and oxygen atoms in total. The Morgan fingerprint density at radius 3 is 2.29 bits per heavy atom. The Morgan fingerprint density at radius 2 is 1.65 bits per heavy atom. The van der Waals surface area contributed by atoms with Gasteiger partial charge in [0.2, 0.25) is 11.5 Å². The van der Waals surface area contributed by atoms with Gasteiger partial charge >= 0.3 is 12.0 Å². The Morgan fingerprint density at radius 1 is 0.958 bits per heavy atom. The van der Waals surface area contributed by atoms with Crippen molar-refractivity contribution >= 4 is 29.3 Å². The van der Waals surface area contributed by atoms with Crippen LogP contribution in [0.1, 0.15) is 91.2 Å². The third-order valence-corrected chi connectivity index (χ3v) is 9.31. The number of carbonyl (C=O) groups excluding carboxylic acids is 3. The molecule has 2 aromatic heterocycles. The maximum atomic E-state index is 13.1. The largest absolute Gasteiger partial charge is 0.461 e. The van der Waals surface area contributed by atoms with Crippen LogP contribution < -0.4 is 10.6 Å². The van der Waals surface area contributed by atoms with Crippen LogP contribution in [0.25, 0.3) is 5.69 Å². The van der Waals surface area contributed by atoms with Gasteiger partial charge in [0.15, 0.2) is 5.69 Å². The fourth-order valence-corrected chi connectivity index (χ4v) is 6.82. The second-order valence-corrected chi connectivity index (χ2v) is 14.0. The fraction of sp³-hybridized carbons (Fsp3) is 0.432. The summed E-state index contributed by atoms with van der Waals surface area (Å²) < 4.78 is 11.9. The normalized spacial score (nSPS) is 19.2. The number of ketones is 1. The average molecular weight is 653 g/mol. The summed E-state index contributed by atoms with van der Waals surface area (Å²) in [5.74, 6) is 0.437. The molecule has 11 heteroatoms. The third kappa shape index (κ3) is 7.52. The number of piperidine rings is 1. The Bertz CT molecular complexity index is 1750. The monoisotopic (exact) mass is 652 g/mol. The summed E-state index contributed by atoms with van der Waals surface area (Å²) in [4.78, 5) is 40.3. The van der Waals surface area contributed by atoms with Crippen LogP contribution >= 0.6 is 0 Å². The third-order valence-electron chi connectivity index (χ3n) is 9.31. The molecule has 4 heterocycles. The molecule has 2 aliphatic heterocycles. The Hall–Kier alpha value is -4.77. The molecule has 2 N–H and O–H groups in total. The van der Waals surface area contributed by atoms with Crippen molar-refractivity contribution < 1.29 is 23.6 Å². The second-order valence-electron chi connectivity index (χ2n) is 14.0. The molecular weight excluding hydrogens is 608 g/mol. The number of nitrogens with zero attached hydrogens (tertiary/aromatic N) is 4. The number of aryl methyl sites for hydroxylation is 1. The molecule has 48 heavy (non-hydrogen) atoms. The van der Waals surface area contributed by atoms with E-state index in [1.807, 2.05) is 49.4 Å². The number of carbonyl (C=O) groups is 3. The summed E-state index contributed by atoms with van der Waals surface area (Å²) in [6, 6.07) is 19.7. The van der Waals surface area contributed by atoms with Crippen molar-refractivity contribution in [2.24, 2.45) is 5.92 Å². The van der Waals surface area contributed by atoms with E-state index in [9.17, 15) is 14.4 Å². The minimum Gasteiger partial charge on any atom is -0.461 e. The quantitative estimate of drug-likeness (QED) is 0.139. The van der Waals surface area contributed by atoms with Crippen molar-refractivity contribution in [2.75, 3.05) is 23.8 Å². The molecule has 0 saturated carbocycles. The van der Waals surface area contributed by atoms with Gasteiger partial charge in [-0.25, -0.2) is 14.3 Å². The van der Waals surface area contributed by atoms with Crippen LogP contribution in [0.5, 0.6) is 0 Å². The van der Waals surface area contributed by atoms with Gasteiger partial charge in [-0.05, 0) is 81.7 Å². The van der Waals surface area contributed by atoms with Gasteiger partial charge in [-0.15, -0.1) is 0 Å². The number of nitrogens with one attached hydrogen (secondary N) is 2. The van der Waals surface area contributed by atoms with E-state index in [1.165, 1.54) is 11.6 Å². The lowest BCUT2D eigenvalue weighted by atomic mass is 9.85. The summed E-state index contributed by atoms with van der Waals surface area (Å²) in [7, 11) is 0. The average Bonchev–Trinajstić information content (AvgIpc) is 3.76. The van der Waals surface area contributed by atoms with Gasteiger partial charge in [0.1, 0.15) is 5.82 Å². The summed E-state index contributed by atoms with van der Waals surface area (Å²) in [6.07, 6.45) is 5.11. The van der Waals surface area contributed by atoms with E-state index in [0.717, 1.165) is 49.0 Å². The van der Waals surface area contributed by atoms with E-state index in [4.69, 9.17) is 14.4 Å². The molecule has 2 aromatic carbocycles. The standard InChI is InChI=1S/C37H44N6O5/c1-6-47-35(45)30-20-32(48-41-30)31(44)22-42-28-15-16-29(42)19-25(18-28)17-24-9-11-26(12-10-24)38-36(46)39-34-21-33(37(3,4)5)40-43(34)27-13-7-23(2)8-14-27/h7-14,20-21,25,28-29H,6,15-19,22H2,1-5H3,(H2,38,39,46). The summed E-state index contributed by atoms with van der Waals surface area (Å²) in [5.41, 5.74) is 4.68. The van der Waals surface area contributed by atoms with Gasteiger partial charge in [0.25, 0.3) is 0 Å². The highest BCUT2D eigenvalue weighted by atomic mass is 16.5. The number of Topliss-reactive ketones (excluding diaryl/α,β-unsaturated/α-hetero) is 1. The first-order chi connectivity index (χ1) is 23.0. The fourth-order valence-electron chi connectivity index (χ4n) is 6.82. The molecule has 2 amide bonds. The highest BCUT2D eigenvalue weighted by molar-refractivity contribution is 5.99. The summed E-state index contributed by atoms with van der Waals surface area (Å²) in [5, 5.41) is 14.5. The van der Waals surface area contributed by atoms with Gasteiger partial charge in [-0.2, -0.15) is 5.10 Å². The van der Waals surface area contributed by atoms with Gasteiger partial charge in [-0.1, -0.05) is 55.8 Å². The number of benzene rings is 2. The van der Waals surface area contributed by atoms with E-state index < -0.39 is 5.97 Å². The molecule has 6 rings (SSSR count). The molecule has 0 spiro atoms. The summed E-state index contributed by atoms with van der Waals surface area (Å²) >= 11 is 0. The van der Waals surface area contributed by atoms with Crippen LogP contribution in [0, 0.1) is 12.8 Å². The van der Waals surface area contributed by atoms with Crippen LogP contribution in [0.2, 0.25) is 0 Å². The number of rotatable bonds is 10. The highest BCUT2D eigenvalue weighted by Crippen LogP contribution is 2.40. The molecule has 2 unspecified atom stereocenters. The van der Waals surface area contributed by atoms with E-state index in [2.05, 4.69) is 53.6 Å². The van der Waals surface area contributed by atoms with E-state index in [0.29, 0.717) is 29.5 Å². The number of anilines is 2.